The van der Waals surface area contributed by atoms with Gasteiger partial charge in [-0.25, -0.2) is 0 Å². The Morgan fingerprint density at radius 1 is 1.07 bits per heavy atom. The summed E-state index contributed by atoms with van der Waals surface area (Å²) in [6.07, 6.45) is -3.82. The molecule has 4 rings (SSSR count). The maximum atomic E-state index is 12.8. The molecular formula is C23H20F3NO3. The van der Waals surface area contributed by atoms with E-state index in [2.05, 4.69) is 4.74 Å². The van der Waals surface area contributed by atoms with E-state index in [0.29, 0.717) is 18.7 Å². The lowest BCUT2D eigenvalue weighted by atomic mass is 9.96. The molecule has 3 aromatic rings. The molecule has 0 bridgehead atoms. The van der Waals surface area contributed by atoms with Gasteiger partial charge in [0, 0.05) is 25.8 Å². The van der Waals surface area contributed by atoms with Gasteiger partial charge in [0.1, 0.15) is 5.75 Å². The first-order valence-electron chi connectivity index (χ1n) is 9.55. The molecular weight excluding hydrogens is 395 g/mol. The minimum atomic E-state index is -4.72. The standard InChI is InChI=1S/C23H20F3NO3/c1-29-19-11-12-27(14-19)22(28)17-7-10-21-16(13-17)3-2-4-20(21)15-5-8-18(9-6-15)30-23(24,25)26/h2-10,13,19H,11-12,14H2,1H3. The van der Waals surface area contributed by atoms with Gasteiger partial charge in [-0.1, -0.05) is 36.4 Å². The number of rotatable bonds is 4. The first kappa shape index (κ1) is 20.2. The molecule has 0 aromatic heterocycles. The van der Waals surface area contributed by atoms with Crippen LogP contribution in [0.3, 0.4) is 0 Å². The van der Waals surface area contributed by atoms with Crippen molar-refractivity contribution in [1.82, 2.24) is 4.90 Å². The third-order valence-corrected chi connectivity index (χ3v) is 5.29. The summed E-state index contributed by atoms with van der Waals surface area (Å²) in [4.78, 5) is 14.6. The molecule has 3 aromatic carbocycles. The number of hydrogen-bond donors (Lipinski definition) is 0. The molecule has 7 heteroatoms. The first-order chi connectivity index (χ1) is 14.3. The number of carbonyl (C=O) groups excluding carboxylic acids is 1. The van der Waals surface area contributed by atoms with E-state index in [1.807, 2.05) is 30.3 Å². The number of alkyl halides is 3. The van der Waals surface area contributed by atoms with Gasteiger partial charge in [0.05, 0.1) is 6.10 Å². The highest BCUT2D eigenvalue weighted by Crippen LogP contribution is 2.32. The summed E-state index contributed by atoms with van der Waals surface area (Å²) in [7, 11) is 1.65. The summed E-state index contributed by atoms with van der Waals surface area (Å²) >= 11 is 0. The van der Waals surface area contributed by atoms with Gasteiger partial charge in [-0.2, -0.15) is 0 Å². The quantitative estimate of drug-likeness (QED) is 0.583. The summed E-state index contributed by atoms with van der Waals surface area (Å²) < 4.78 is 46.4. The molecule has 1 heterocycles. The fourth-order valence-corrected chi connectivity index (χ4v) is 3.79. The molecule has 1 fully saturated rings. The summed E-state index contributed by atoms with van der Waals surface area (Å²) in [5.41, 5.74) is 2.23. The van der Waals surface area contributed by atoms with E-state index in [-0.39, 0.29) is 17.8 Å². The first-order valence-corrected chi connectivity index (χ1v) is 9.55. The van der Waals surface area contributed by atoms with Crippen molar-refractivity contribution < 1.29 is 27.4 Å². The van der Waals surface area contributed by atoms with Gasteiger partial charge in [-0.3, -0.25) is 4.79 Å². The molecule has 1 unspecified atom stereocenters. The highest BCUT2D eigenvalue weighted by atomic mass is 19.4. The summed E-state index contributed by atoms with van der Waals surface area (Å²) in [6.45, 7) is 1.25. The zero-order valence-corrected chi connectivity index (χ0v) is 16.3. The molecule has 0 spiro atoms. The van der Waals surface area contributed by atoms with Crippen LogP contribution in [0.15, 0.2) is 60.7 Å². The number of amides is 1. The van der Waals surface area contributed by atoms with Gasteiger partial charge in [0.2, 0.25) is 0 Å². The number of likely N-dealkylation sites (tertiary alicyclic amines) is 1. The average Bonchev–Trinajstić information content (AvgIpc) is 3.21. The fourth-order valence-electron chi connectivity index (χ4n) is 3.79. The second-order valence-electron chi connectivity index (χ2n) is 7.21. The maximum Gasteiger partial charge on any atom is 0.573 e. The SMILES string of the molecule is COC1CCN(C(=O)c2ccc3c(-c4ccc(OC(F)(F)F)cc4)cccc3c2)C1. The topological polar surface area (TPSA) is 38.8 Å². The van der Waals surface area contributed by atoms with Crippen molar-refractivity contribution in [3.05, 3.63) is 66.2 Å². The molecule has 1 aliphatic rings. The molecule has 0 saturated carbocycles. The number of carbonyl (C=O) groups is 1. The Morgan fingerprint density at radius 3 is 2.50 bits per heavy atom. The van der Waals surface area contributed by atoms with Crippen molar-refractivity contribution in [2.24, 2.45) is 0 Å². The van der Waals surface area contributed by atoms with E-state index in [1.165, 1.54) is 12.1 Å². The van der Waals surface area contributed by atoms with Crippen LogP contribution in [-0.2, 0) is 4.74 Å². The van der Waals surface area contributed by atoms with Crippen LogP contribution in [0.2, 0.25) is 0 Å². The Kier molecular flexibility index (Phi) is 5.39. The Hall–Kier alpha value is -3.06. The lowest BCUT2D eigenvalue weighted by Gasteiger charge is -2.17. The number of ether oxygens (including phenoxy) is 2. The van der Waals surface area contributed by atoms with Crippen LogP contribution in [0.25, 0.3) is 21.9 Å². The van der Waals surface area contributed by atoms with E-state index in [0.717, 1.165) is 28.3 Å². The minimum Gasteiger partial charge on any atom is -0.406 e. The van der Waals surface area contributed by atoms with Gasteiger partial charge in [0.25, 0.3) is 5.91 Å². The van der Waals surface area contributed by atoms with Crippen LogP contribution < -0.4 is 4.74 Å². The largest absolute Gasteiger partial charge is 0.573 e. The average molecular weight is 415 g/mol. The smallest absolute Gasteiger partial charge is 0.406 e. The normalized spacial score (nSPS) is 16.8. The zero-order valence-electron chi connectivity index (χ0n) is 16.3. The minimum absolute atomic E-state index is 0.0319. The molecule has 1 aliphatic heterocycles. The van der Waals surface area contributed by atoms with E-state index in [1.54, 1.807) is 30.2 Å². The molecule has 4 nitrogen and oxygen atoms in total. The third-order valence-electron chi connectivity index (χ3n) is 5.29. The number of halogens is 3. The van der Waals surface area contributed by atoms with Crippen LogP contribution in [0.5, 0.6) is 5.75 Å². The van der Waals surface area contributed by atoms with Crippen molar-refractivity contribution in [3.63, 3.8) is 0 Å². The summed E-state index contributed by atoms with van der Waals surface area (Å²) in [6, 6.07) is 16.9. The van der Waals surface area contributed by atoms with Crippen LogP contribution in [0.1, 0.15) is 16.8 Å². The van der Waals surface area contributed by atoms with Gasteiger partial charge < -0.3 is 14.4 Å². The molecule has 30 heavy (non-hydrogen) atoms. The molecule has 1 atom stereocenters. The van der Waals surface area contributed by atoms with Crippen molar-refractivity contribution in [1.29, 1.82) is 0 Å². The van der Waals surface area contributed by atoms with Crippen LogP contribution in [-0.4, -0.2) is 43.5 Å². The van der Waals surface area contributed by atoms with Gasteiger partial charge >= 0.3 is 6.36 Å². The third kappa shape index (κ3) is 4.26. The lowest BCUT2D eigenvalue weighted by molar-refractivity contribution is -0.274. The van der Waals surface area contributed by atoms with E-state index >= 15 is 0 Å². The van der Waals surface area contributed by atoms with Crippen molar-refractivity contribution in [2.75, 3.05) is 20.2 Å². The predicted octanol–water partition coefficient (Wildman–Crippen LogP) is 5.27. The predicted molar refractivity (Wildman–Crippen MR) is 107 cm³/mol. The van der Waals surface area contributed by atoms with Gasteiger partial charge in [-0.15, -0.1) is 13.2 Å². The van der Waals surface area contributed by atoms with E-state index in [4.69, 9.17) is 4.74 Å². The lowest BCUT2D eigenvalue weighted by Crippen LogP contribution is -2.29. The van der Waals surface area contributed by atoms with E-state index in [9.17, 15) is 18.0 Å². The van der Waals surface area contributed by atoms with E-state index < -0.39 is 6.36 Å². The van der Waals surface area contributed by atoms with Crippen LogP contribution in [0.4, 0.5) is 13.2 Å². The number of fused-ring (bicyclic) bond motifs is 1. The Morgan fingerprint density at radius 2 is 1.83 bits per heavy atom. The summed E-state index contributed by atoms with van der Waals surface area (Å²) in [5.74, 6) is -0.296. The van der Waals surface area contributed by atoms with Crippen LogP contribution >= 0.6 is 0 Å². The highest BCUT2D eigenvalue weighted by molar-refractivity contribution is 6.02. The molecule has 0 aliphatic carbocycles. The summed E-state index contributed by atoms with van der Waals surface area (Å²) in [5, 5.41) is 1.80. The molecule has 156 valence electrons. The second-order valence-corrected chi connectivity index (χ2v) is 7.21. The van der Waals surface area contributed by atoms with Crippen molar-refractivity contribution in [2.45, 2.75) is 18.9 Å². The second kappa shape index (κ2) is 7.99. The maximum absolute atomic E-state index is 12.8. The Bertz CT molecular complexity index is 1060. The van der Waals surface area contributed by atoms with Crippen LogP contribution in [0, 0.1) is 0 Å². The molecule has 1 saturated heterocycles. The Labute approximate surface area is 171 Å². The highest BCUT2D eigenvalue weighted by Gasteiger charge is 2.31. The fraction of sp³-hybridized carbons (Fsp3) is 0.261. The Balaban J connectivity index is 1.61. The number of benzene rings is 3. The van der Waals surface area contributed by atoms with Gasteiger partial charge in [-0.05, 0) is 52.6 Å². The molecule has 0 N–H and O–H groups in total. The molecule has 0 radical (unpaired) electrons. The van der Waals surface area contributed by atoms with Crippen molar-refractivity contribution >= 4 is 16.7 Å². The monoisotopic (exact) mass is 415 g/mol. The number of nitrogens with zero attached hydrogens (tertiary/aromatic N) is 1. The van der Waals surface area contributed by atoms with Gasteiger partial charge in [0.15, 0.2) is 0 Å². The molecule has 1 amide bonds. The van der Waals surface area contributed by atoms with Crippen molar-refractivity contribution in [3.8, 4) is 16.9 Å². The number of methoxy groups -OCH3 is 1. The number of hydrogen-bond acceptors (Lipinski definition) is 3. The zero-order chi connectivity index (χ0) is 21.3.